The van der Waals surface area contributed by atoms with Gasteiger partial charge in [-0.05, 0) is 31.2 Å². The highest BCUT2D eigenvalue weighted by Crippen LogP contribution is 2.28. The van der Waals surface area contributed by atoms with Gasteiger partial charge in [-0.3, -0.25) is 14.6 Å². The minimum atomic E-state index is -0.530. The van der Waals surface area contributed by atoms with E-state index in [-0.39, 0.29) is 17.9 Å². The maximum atomic E-state index is 12.4. The third-order valence-electron chi connectivity index (χ3n) is 5.16. The Labute approximate surface area is 161 Å². The molecule has 0 spiro atoms. The number of nitrogens with one attached hydrogen (secondary N) is 2. The number of carbonyl (C=O) groups is 1. The zero-order chi connectivity index (χ0) is 18.8. The SMILES string of the molecule is O=C(CCc1[nH]nc2ccccc12)N[C@@H]1CC(Cn2cc(Cl)cn2)C[C@H]1O. The van der Waals surface area contributed by atoms with Crippen LogP contribution >= 0.6 is 11.6 Å². The Bertz CT molecular complexity index is 937. The molecule has 0 radical (unpaired) electrons. The van der Waals surface area contributed by atoms with E-state index in [0.717, 1.165) is 23.0 Å². The number of aliphatic hydroxyl groups excluding tert-OH is 1. The van der Waals surface area contributed by atoms with Gasteiger partial charge in [-0.1, -0.05) is 29.8 Å². The standard InChI is InChI=1S/C19H22ClN5O2/c20-13-9-21-25(11-13)10-12-7-17(18(26)8-12)22-19(27)6-5-16-14-3-1-2-4-15(14)23-24-16/h1-4,9,11-12,17-18,26H,5-8,10H2,(H,22,27)(H,23,24)/t12?,17-,18-/m1/s1. The van der Waals surface area contributed by atoms with Crippen molar-refractivity contribution in [1.82, 2.24) is 25.3 Å². The predicted octanol–water partition coefficient (Wildman–Crippen LogP) is 2.30. The van der Waals surface area contributed by atoms with E-state index >= 15 is 0 Å². The molecule has 4 rings (SSSR count). The number of rotatable bonds is 6. The van der Waals surface area contributed by atoms with Crippen LogP contribution < -0.4 is 5.32 Å². The maximum absolute atomic E-state index is 12.4. The van der Waals surface area contributed by atoms with Crippen LogP contribution in [0, 0.1) is 5.92 Å². The van der Waals surface area contributed by atoms with Crippen molar-refractivity contribution in [2.75, 3.05) is 0 Å². The van der Waals surface area contributed by atoms with Gasteiger partial charge in [0.2, 0.25) is 5.91 Å². The predicted molar refractivity (Wildman–Crippen MR) is 102 cm³/mol. The van der Waals surface area contributed by atoms with E-state index in [9.17, 15) is 9.90 Å². The lowest BCUT2D eigenvalue weighted by molar-refractivity contribution is -0.122. The minimum absolute atomic E-state index is 0.0551. The van der Waals surface area contributed by atoms with Crippen LogP contribution in [-0.4, -0.2) is 43.1 Å². The fourth-order valence-electron chi connectivity index (χ4n) is 3.85. The molecule has 2 aromatic heterocycles. The normalized spacial score (nSPS) is 22.4. The quantitative estimate of drug-likeness (QED) is 0.604. The molecule has 2 heterocycles. The van der Waals surface area contributed by atoms with Crippen molar-refractivity contribution in [1.29, 1.82) is 0 Å². The van der Waals surface area contributed by atoms with E-state index in [0.29, 0.717) is 30.8 Å². The highest BCUT2D eigenvalue weighted by molar-refractivity contribution is 6.30. The summed E-state index contributed by atoms with van der Waals surface area (Å²) in [6.45, 7) is 0.691. The van der Waals surface area contributed by atoms with Crippen molar-refractivity contribution in [3.63, 3.8) is 0 Å². The number of benzene rings is 1. The van der Waals surface area contributed by atoms with Gasteiger partial charge in [-0.2, -0.15) is 10.2 Å². The second-order valence-electron chi connectivity index (χ2n) is 7.18. The Balaban J connectivity index is 1.29. The van der Waals surface area contributed by atoms with Crippen LogP contribution in [0.1, 0.15) is 25.0 Å². The molecule has 1 aromatic carbocycles. The fraction of sp³-hybridized carbons (Fsp3) is 0.421. The van der Waals surface area contributed by atoms with E-state index in [4.69, 9.17) is 11.6 Å². The maximum Gasteiger partial charge on any atom is 0.220 e. The van der Waals surface area contributed by atoms with Crippen LogP contribution in [0.5, 0.6) is 0 Å². The molecule has 0 aliphatic heterocycles. The molecule has 1 unspecified atom stereocenters. The first-order valence-corrected chi connectivity index (χ1v) is 9.53. The monoisotopic (exact) mass is 387 g/mol. The number of halogens is 1. The number of amides is 1. The molecule has 27 heavy (non-hydrogen) atoms. The number of H-pyrrole nitrogens is 1. The molecular weight excluding hydrogens is 366 g/mol. The number of aromatic nitrogens is 4. The molecule has 0 saturated heterocycles. The molecule has 1 amide bonds. The fourth-order valence-corrected chi connectivity index (χ4v) is 4.00. The van der Waals surface area contributed by atoms with E-state index < -0.39 is 6.10 Å². The summed E-state index contributed by atoms with van der Waals surface area (Å²) in [5, 5.41) is 26.4. The van der Waals surface area contributed by atoms with E-state index in [2.05, 4.69) is 20.6 Å². The highest BCUT2D eigenvalue weighted by Gasteiger charge is 2.34. The van der Waals surface area contributed by atoms with Gasteiger partial charge in [0.25, 0.3) is 0 Å². The number of aromatic amines is 1. The Morgan fingerprint density at radius 1 is 1.37 bits per heavy atom. The first kappa shape index (κ1) is 18.0. The van der Waals surface area contributed by atoms with Gasteiger partial charge >= 0.3 is 0 Å². The molecule has 1 fully saturated rings. The van der Waals surface area contributed by atoms with Gasteiger partial charge < -0.3 is 10.4 Å². The van der Waals surface area contributed by atoms with E-state index in [1.54, 1.807) is 17.1 Å². The van der Waals surface area contributed by atoms with Crippen molar-refractivity contribution in [3.05, 3.63) is 47.4 Å². The largest absolute Gasteiger partial charge is 0.391 e. The second kappa shape index (κ2) is 7.70. The summed E-state index contributed by atoms with van der Waals surface area (Å²) in [5.74, 6) is 0.207. The number of fused-ring (bicyclic) bond motifs is 1. The Hall–Kier alpha value is -2.38. The van der Waals surface area contributed by atoms with E-state index in [1.807, 2.05) is 24.3 Å². The molecule has 1 aliphatic carbocycles. The number of nitrogens with zero attached hydrogens (tertiary/aromatic N) is 3. The van der Waals surface area contributed by atoms with Crippen molar-refractivity contribution in [2.45, 2.75) is 44.4 Å². The van der Waals surface area contributed by atoms with Gasteiger partial charge in [-0.15, -0.1) is 0 Å². The van der Waals surface area contributed by atoms with Gasteiger partial charge in [-0.25, -0.2) is 0 Å². The number of para-hydroxylation sites is 1. The Kier molecular flexibility index (Phi) is 5.13. The van der Waals surface area contributed by atoms with E-state index in [1.165, 1.54) is 0 Å². The second-order valence-corrected chi connectivity index (χ2v) is 7.62. The third-order valence-corrected chi connectivity index (χ3v) is 5.36. The van der Waals surface area contributed by atoms with Crippen LogP contribution in [0.2, 0.25) is 5.02 Å². The lowest BCUT2D eigenvalue weighted by Gasteiger charge is -2.16. The molecule has 3 aromatic rings. The van der Waals surface area contributed by atoms with Crippen LogP contribution in [0.4, 0.5) is 0 Å². The number of carbonyl (C=O) groups excluding carboxylic acids is 1. The zero-order valence-corrected chi connectivity index (χ0v) is 15.6. The molecular formula is C19H22ClN5O2. The van der Waals surface area contributed by atoms with Crippen LogP contribution in [0.25, 0.3) is 10.9 Å². The summed E-state index contributed by atoms with van der Waals surface area (Å²) in [4.78, 5) is 12.4. The number of aliphatic hydroxyl groups is 1. The topological polar surface area (TPSA) is 95.8 Å². The summed E-state index contributed by atoms with van der Waals surface area (Å²) in [6.07, 6.45) is 5.17. The van der Waals surface area contributed by atoms with Crippen LogP contribution in [0.3, 0.4) is 0 Å². The lowest BCUT2D eigenvalue weighted by atomic mass is 10.1. The minimum Gasteiger partial charge on any atom is -0.391 e. The molecule has 0 bridgehead atoms. The van der Waals surface area contributed by atoms with Crippen molar-refractivity contribution < 1.29 is 9.90 Å². The molecule has 3 N–H and O–H groups in total. The van der Waals surface area contributed by atoms with Gasteiger partial charge in [0.1, 0.15) is 0 Å². The van der Waals surface area contributed by atoms with Gasteiger partial charge in [0, 0.05) is 30.2 Å². The zero-order valence-electron chi connectivity index (χ0n) is 14.8. The number of hydrogen-bond donors (Lipinski definition) is 3. The van der Waals surface area contributed by atoms with Crippen LogP contribution in [0.15, 0.2) is 36.7 Å². The Morgan fingerprint density at radius 3 is 3.04 bits per heavy atom. The van der Waals surface area contributed by atoms with Crippen molar-refractivity contribution >= 4 is 28.4 Å². The van der Waals surface area contributed by atoms with Gasteiger partial charge in [0.05, 0.1) is 28.9 Å². The Morgan fingerprint density at radius 2 is 2.22 bits per heavy atom. The molecule has 8 heteroatoms. The van der Waals surface area contributed by atoms with Crippen molar-refractivity contribution in [3.8, 4) is 0 Å². The lowest BCUT2D eigenvalue weighted by Crippen LogP contribution is -2.40. The molecule has 1 saturated carbocycles. The molecule has 7 nitrogen and oxygen atoms in total. The number of aryl methyl sites for hydroxylation is 1. The highest BCUT2D eigenvalue weighted by atomic mass is 35.5. The summed E-state index contributed by atoms with van der Waals surface area (Å²) in [5.41, 5.74) is 1.86. The summed E-state index contributed by atoms with van der Waals surface area (Å²) >= 11 is 5.89. The average molecular weight is 388 g/mol. The summed E-state index contributed by atoms with van der Waals surface area (Å²) in [7, 11) is 0. The summed E-state index contributed by atoms with van der Waals surface area (Å²) < 4.78 is 1.78. The van der Waals surface area contributed by atoms with Crippen molar-refractivity contribution in [2.24, 2.45) is 5.92 Å². The number of hydrogen-bond acceptors (Lipinski definition) is 4. The third kappa shape index (κ3) is 4.14. The average Bonchev–Trinajstić information content (AvgIpc) is 3.33. The first-order chi connectivity index (χ1) is 13.1. The summed E-state index contributed by atoms with van der Waals surface area (Å²) in [6, 6.07) is 7.63. The molecule has 1 aliphatic rings. The van der Waals surface area contributed by atoms with Crippen LogP contribution in [-0.2, 0) is 17.8 Å². The first-order valence-electron chi connectivity index (χ1n) is 9.16. The molecule has 142 valence electrons. The smallest absolute Gasteiger partial charge is 0.220 e. The molecule has 3 atom stereocenters. The van der Waals surface area contributed by atoms with Gasteiger partial charge in [0.15, 0.2) is 0 Å².